The van der Waals surface area contributed by atoms with Gasteiger partial charge in [-0.15, -0.1) is 0 Å². The molecule has 1 aromatic heterocycles. The number of hydrogen-bond acceptors (Lipinski definition) is 3. The molecule has 12 heavy (non-hydrogen) atoms. The molecule has 1 aromatic rings. The van der Waals surface area contributed by atoms with Crippen LogP contribution in [0.2, 0.25) is 0 Å². The van der Waals surface area contributed by atoms with Gasteiger partial charge in [0.1, 0.15) is 0 Å². The average molecular weight is 170 g/mol. The lowest BCUT2D eigenvalue weighted by molar-refractivity contribution is 0.357. The predicted molar refractivity (Wildman–Crippen MR) is 47.7 cm³/mol. The Balaban J connectivity index is 3.34. The molecule has 1 rings (SSSR count). The first-order valence-electron chi connectivity index (χ1n) is 3.66. The molecule has 0 aromatic carbocycles. The SMILES string of the molecule is COc1c(OC)c(N)n(C)c1C. The third-order valence-electron chi connectivity index (χ3n) is 2.04. The van der Waals surface area contributed by atoms with Crippen LogP contribution in [0, 0.1) is 6.92 Å². The number of rotatable bonds is 2. The van der Waals surface area contributed by atoms with Crippen LogP contribution < -0.4 is 15.2 Å². The molecule has 68 valence electrons. The summed E-state index contributed by atoms with van der Waals surface area (Å²) in [5, 5.41) is 0. The maximum absolute atomic E-state index is 5.75. The molecule has 1 heterocycles. The van der Waals surface area contributed by atoms with Crippen LogP contribution in [0.15, 0.2) is 0 Å². The van der Waals surface area contributed by atoms with Gasteiger partial charge in [0, 0.05) is 7.05 Å². The zero-order valence-corrected chi connectivity index (χ0v) is 7.84. The van der Waals surface area contributed by atoms with E-state index in [1.807, 2.05) is 18.5 Å². The fourth-order valence-electron chi connectivity index (χ4n) is 1.20. The third kappa shape index (κ3) is 0.995. The molecule has 0 radical (unpaired) electrons. The molecule has 0 atom stereocenters. The van der Waals surface area contributed by atoms with Crippen molar-refractivity contribution in [2.24, 2.45) is 7.05 Å². The minimum Gasteiger partial charge on any atom is -0.491 e. The van der Waals surface area contributed by atoms with Crippen LogP contribution in [-0.2, 0) is 7.05 Å². The Morgan fingerprint density at radius 1 is 1.17 bits per heavy atom. The molecule has 2 N–H and O–H groups in total. The molecule has 0 saturated heterocycles. The molecule has 0 aliphatic rings. The van der Waals surface area contributed by atoms with E-state index >= 15 is 0 Å². The first-order valence-corrected chi connectivity index (χ1v) is 3.66. The molecule has 0 aliphatic carbocycles. The van der Waals surface area contributed by atoms with Gasteiger partial charge in [0.05, 0.1) is 19.9 Å². The summed E-state index contributed by atoms with van der Waals surface area (Å²) in [5.41, 5.74) is 6.71. The van der Waals surface area contributed by atoms with Gasteiger partial charge in [-0.25, -0.2) is 0 Å². The summed E-state index contributed by atoms with van der Waals surface area (Å²) < 4.78 is 12.1. The standard InChI is InChI=1S/C8H14N2O2/c1-5-6(11-3)7(12-4)8(9)10(5)2/h9H2,1-4H3. The zero-order chi connectivity index (χ0) is 9.30. The van der Waals surface area contributed by atoms with E-state index in [-0.39, 0.29) is 0 Å². The van der Waals surface area contributed by atoms with Crippen LogP contribution in [0.1, 0.15) is 5.69 Å². The minimum atomic E-state index is 0.590. The van der Waals surface area contributed by atoms with Crippen LogP contribution in [0.4, 0.5) is 5.82 Å². The van der Waals surface area contributed by atoms with Gasteiger partial charge in [0.25, 0.3) is 0 Å². The van der Waals surface area contributed by atoms with Gasteiger partial charge in [-0.3, -0.25) is 0 Å². The maximum Gasteiger partial charge on any atom is 0.203 e. The first kappa shape index (κ1) is 8.77. The van der Waals surface area contributed by atoms with Crippen molar-refractivity contribution >= 4 is 5.82 Å². The number of methoxy groups -OCH3 is 2. The minimum absolute atomic E-state index is 0.590. The lowest BCUT2D eigenvalue weighted by atomic mass is 10.4. The van der Waals surface area contributed by atoms with E-state index in [1.165, 1.54) is 0 Å². The van der Waals surface area contributed by atoms with Gasteiger partial charge in [0.15, 0.2) is 11.6 Å². The normalized spacial score (nSPS) is 10.0. The number of anilines is 1. The summed E-state index contributed by atoms with van der Waals surface area (Å²) in [4.78, 5) is 0. The number of nitrogens with two attached hydrogens (primary N) is 1. The molecule has 4 heteroatoms. The van der Waals surface area contributed by atoms with Crippen LogP contribution in [-0.4, -0.2) is 18.8 Å². The second kappa shape index (κ2) is 2.97. The first-order chi connectivity index (χ1) is 5.63. The van der Waals surface area contributed by atoms with Crippen LogP contribution in [0.25, 0.3) is 0 Å². The lowest BCUT2D eigenvalue weighted by Gasteiger charge is -2.01. The average Bonchev–Trinajstić information content (AvgIpc) is 2.29. The van der Waals surface area contributed by atoms with Crippen molar-refractivity contribution in [2.75, 3.05) is 20.0 Å². The highest BCUT2D eigenvalue weighted by Gasteiger charge is 2.17. The molecular weight excluding hydrogens is 156 g/mol. The van der Waals surface area contributed by atoms with E-state index in [2.05, 4.69) is 0 Å². The smallest absolute Gasteiger partial charge is 0.203 e. The molecule has 0 fully saturated rings. The zero-order valence-electron chi connectivity index (χ0n) is 7.84. The second-order valence-corrected chi connectivity index (χ2v) is 2.60. The van der Waals surface area contributed by atoms with Crippen LogP contribution in [0.5, 0.6) is 11.5 Å². The second-order valence-electron chi connectivity index (χ2n) is 2.60. The molecule has 0 aliphatic heterocycles. The van der Waals surface area contributed by atoms with E-state index in [1.54, 1.807) is 14.2 Å². The molecule has 0 spiro atoms. The van der Waals surface area contributed by atoms with Crippen LogP contribution in [0.3, 0.4) is 0 Å². The van der Waals surface area contributed by atoms with Crippen molar-refractivity contribution in [1.29, 1.82) is 0 Å². The number of nitrogens with zero attached hydrogens (tertiary/aromatic N) is 1. The Kier molecular flexibility index (Phi) is 2.17. The predicted octanol–water partition coefficient (Wildman–Crippen LogP) is 0.933. The van der Waals surface area contributed by atoms with Crippen molar-refractivity contribution in [3.8, 4) is 11.5 Å². The van der Waals surface area contributed by atoms with Gasteiger partial charge in [-0.05, 0) is 6.92 Å². The van der Waals surface area contributed by atoms with Gasteiger partial charge in [-0.1, -0.05) is 0 Å². The van der Waals surface area contributed by atoms with Gasteiger partial charge in [0.2, 0.25) is 5.75 Å². The van der Waals surface area contributed by atoms with Crippen molar-refractivity contribution in [1.82, 2.24) is 4.57 Å². The Morgan fingerprint density at radius 2 is 1.67 bits per heavy atom. The summed E-state index contributed by atoms with van der Waals surface area (Å²) in [6.45, 7) is 1.93. The molecule has 0 saturated carbocycles. The van der Waals surface area contributed by atoms with E-state index in [9.17, 15) is 0 Å². The lowest BCUT2D eigenvalue weighted by Crippen LogP contribution is -1.98. The Labute approximate surface area is 71.9 Å². The van der Waals surface area contributed by atoms with Crippen LogP contribution >= 0.6 is 0 Å². The number of ether oxygens (including phenoxy) is 2. The topological polar surface area (TPSA) is 49.4 Å². The van der Waals surface area contributed by atoms with E-state index in [0.29, 0.717) is 17.3 Å². The Hall–Kier alpha value is -1.32. The van der Waals surface area contributed by atoms with E-state index in [4.69, 9.17) is 15.2 Å². The van der Waals surface area contributed by atoms with Crippen molar-refractivity contribution < 1.29 is 9.47 Å². The van der Waals surface area contributed by atoms with Crippen molar-refractivity contribution in [3.05, 3.63) is 5.69 Å². The Morgan fingerprint density at radius 3 is 2.00 bits per heavy atom. The van der Waals surface area contributed by atoms with Crippen molar-refractivity contribution in [3.63, 3.8) is 0 Å². The van der Waals surface area contributed by atoms with E-state index in [0.717, 1.165) is 5.69 Å². The summed E-state index contributed by atoms with van der Waals surface area (Å²) in [5.74, 6) is 1.90. The molecule has 0 amide bonds. The van der Waals surface area contributed by atoms with Gasteiger partial charge >= 0.3 is 0 Å². The maximum atomic E-state index is 5.75. The fourth-order valence-corrected chi connectivity index (χ4v) is 1.20. The fraction of sp³-hybridized carbons (Fsp3) is 0.500. The number of hydrogen-bond donors (Lipinski definition) is 1. The Bertz CT molecular complexity index is 264. The number of nitrogen functional groups attached to an aromatic ring is 1. The highest BCUT2D eigenvalue weighted by atomic mass is 16.5. The van der Waals surface area contributed by atoms with E-state index < -0.39 is 0 Å². The summed E-state index contributed by atoms with van der Waals surface area (Å²) >= 11 is 0. The summed E-state index contributed by atoms with van der Waals surface area (Å²) in [6, 6.07) is 0. The van der Waals surface area contributed by atoms with Gasteiger partial charge < -0.3 is 19.8 Å². The highest BCUT2D eigenvalue weighted by Crippen LogP contribution is 2.38. The highest BCUT2D eigenvalue weighted by molar-refractivity contribution is 5.61. The monoisotopic (exact) mass is 170 g/mol. The molecule has 0 bridgehead atoms. The van der Waals surface area contributed by atoms with Gasteiger partial charge in [-0.2, -0.15) is 0 Å². The molecular formula is C8H14N2O2. The summed E-state index contributed by atoms with van der Waals surface area (Å²) in [7, 11) is 5.05. The van der Waals surface area contributed by atoms with Crippen molar-refractivity contribution in [2.45, 2.75) is 6.92 Å². The quantitative estimate of drug-likeness (QED) is 0.718. The number of aromatic nitrogens is 1. The summed E-state index contributed by atoms with van der Waals surface area (Å²) in [6.07, 6.45) is 0. The largest absolute Gasteiger partial charge is 0.491 e. The molecule has 0 unspecified atom stereocenters. The third-order valence-corrected chi connectivity index (χ3v) is 2.04. The molecule has 4 nitrogen and oxygen atoms in total.